The summed E-state index contributed by atoms with van der Waals surface area (Å²) in [5.41, 5.74) is 0.255. The van der Waals surface area contributed by atoms with Gasteiger partial charge in [0.25, 0.3) is 0 Å². The molecule has 1 aromatic carbocycles. The van der Waals surface area contributed by atoms with Gasteiger partial charge in [-0.05, 0) is 46.5 Å². The van der Waals surface area contributed by atoms with Crippen LogP contribution in [0.25, 0.3) is 0 Å². The van der Waals surface area contributed by atoms with Crippen LogP contribution in [0.3, 0.4) is 0 Å². The summed E-state index contributed by atoms with van der Waals surface area (Å²) >= 11 is 3.32. The Morgan fingerprint density at radius 1 is 1.53 bits per heavy atom. The quantitative estimate of drug-likeness (QED) is 0.865. The summed E-state index contributed by atoms with van der Waals surface area (Å²) in [7, 11) is 0. The third-order valence-corrected chi connectivity index (χ3v) is 3.10. The first kappa shape index (κ1) is 14.0. The van der Waals surface area contributed by atoms with Gasteiger partial charge in [-0.1, -0.05) is 20.3 Å². The summed E-state index contributed by atoms with van der Waals surface area (Å²) in [6.07, 6.45) is 2.27. The highest BCUT2D eigenvalue weighted by molar-refractivity contribution is 9.10. The van der Waals surface area contributed by atoms with Crippen molar-refractivity contribution < 1.29 is 14.6 Å². The van der Waals surface area contributed by atoms with E-state index in [9.17, 15) is 4.79 Å². The molecule has 94 valence electrons. The molecule has 17 heavy (non-hydrogen) atoms. The number of carbonyl (C=O) groups is 1. The van der Waals surface area contributed by atoms with Crippen molar-refractivity contribution in [3.05, 3.63) is 28.2 Å². The summed E-state index contributed by atoms with van der Waals surface area (Å²) in [5, 5.41) is 8.83. The summed E-state index contributed by atoms with van der Waals surface area (Å²) in [6, 6.07) is 4.79. The number of benzene rings is 1. The van der Waals surface area contributed by atoms with Gasteiger partial charge in [-0.3, -0.25) is 0 Å². The molecule has 0 fully saturated rings. The predicted molar refractivity (Wildman–Crippen MR) is 70.7 cm³/mol. The van der Waals surface area contributed by atoms with Crippen LogP contribution >= 0.6 is 15.9 Å². The normalized spacial score (nSPS) is 12.2. The van der Waals surface area contributed by atoms with E-state index in [1.54, 1.807) is 18.2 Å². The minimum atomic E-state index is -0.934. The third-order valence-electron chi connectivity index (χ3n) is 2.48. The molecule has 0 aromatic heterocycles. The maximum absolute atomic E-state index is 10.8. The van der Waals surface area contributed by atoms with Crippen LogP contribution in [0.4, 0.5) is 0 Å². The number of halogens is 1. The highest BCUT2D eigenvalue weighted by atomic mass is 79.9. The molecule has 1 aromatic rings. The van der Waals surface area contributed by atoms with E-state index in [1.807, 2.05) is 0 Å². The fourth-order valence-corrected chi connectivity index (χ4v) is 2.05. The number of aromatic carboxylic acids is 1. The minimum absolute atomic E-state index is 0.255. The smallest absolute Gasteiger partial charge is 0.335 e. The highest BCUT2D eigenvalue weighted by Crippen LogP contribution is 2.26. The van der Waals surface area contributed by atoms with E-state index < -0.39 is 5.97 Å². The van der Waals surface area contributed by atoms with E-state index in [0.717, 1.165) is 12.8 Å². The summed E-state index contributed by atoms with van der Waals surface area (Å²) in [4.78, 5) is 10.8. The van der Waals surface area contributed by atoms with Crippen molar-refractivity contribution >= 4 is 21.9 Å². The Bertz CT molecular complexity index is 390. The number of rotatable bonds is 6. The van der Waals surface area contributed by atoms with Gasteiger partial charge in [0, 0.05) is 0 Å². The van der Waals surface area contributed by atoms with Gasteiger partial charge in [0.2, 0.25) is 0 Å². The molecule has 0 bridgehead atoms. The fraction of sp³-hybridized carbons (Fsp3) is 0.462. The van der Waals surface area contributed by atoms with Gasteiger partial charge in [0.15, 0.2) is 0 Å². The zero-order chi connectivity index (χ0) is 12.8. The number of carboxylic acids is 1. The predicted octanol–water partition coefficient (Wildman–Crippen LogP) is 3.96. The number of hydrogen-bond acceptors (Lipinski definition) is 2. The Morgan fingerprint density at radius 2 is 2.24 bits per heavy atom. The molecule has 1 unspecified atom stereocenters. The Kier molecular flexibility index (Phi) is 5.48. The molecule has 0 amide bonds. The zero-order valence-corrected chi connectivity index (χ0v) is 11.7. The Hall–Kier alpha value is -1.03. The minimum Gasteiger partial charge on any atom is -0.492 e. The molecule has 0 aliphatic heterocycles. The Labute approximate surface area is 110 Å². The average Bonchev–Trinajstić information content (AvgIpc) is 2.27. The second-order valence-electron chi connectivity index (χ2n) is 4.16. The van der Waals surface area contributed by atoms with Crippen LogP contribution in [0.1, 0.15) is 37.0 Å². The van der Waals surface area contributed by atoms with E-state index in [-0.39, 0.29) is 5.56 Å². The molecule has 1 rings (SSSR count). The largest absolute Gasteiger partial charge is 0.492 e. The highest BCUT2D eigenvalue weighted by Gasteiger charge is 2.08. The third kappa shape index (κ3) is 4.38. The summed E-state index contributed by atoms with van der Waals surface area (Å²) in [5.74, 6) is 0.264. The second-order valence-corrected chi connectivity index (χ2v) is 5.01. The van der Waals surface area contributed by atoms with Crippen molar-refractivity contribution in [3.63, 3.8) is 0 Å². The van der Waals surface area contributed by atoms with Crippen LogP contribution in [0.2, 0.25) is 0 Å². The zero-order valence-electron chi connectivity index (χ0n) is 10.1. The van der Waals surface area contributed by atoms with Crippen LogP contribution < -0.4 is 4.74 Å². The summed E-state index contributed by atoms with van der Waals surface area (Å²) in [6.45, 7) is 4.94. The molecular formula is C13H17BrO3. The van der Waals surface area contributed by atoms with Gasteiger partial charge in [-0.25, -0.2) is 4.79 Å². The molecule has 4 heteroatoms. The number of hydrogen-bond donors (Lipinski definition) is 1. The summed E-state index contributed by atoms with van der Waals surface area (Å²) < 4.78 is 6.33. The van der Waals surface area contributed by atoms with E-state index in [4.69, 9.17) is 9.84 Å². The van der Waals surface area contributed by atoms with Crippen molar-refractivity contribution in [2.45, 2.75) is 26.7 Å². The molecule has 0 heterocycles. The molecular weight excluding hydrogens is 284 g/mol. The lowest BCUT2D eigenvalue weighted by atomic mass is 10.1. The Balaban J connectivity index is 2.63. The molecule has 0 saturated carbocycles. The van der Waals surface area contributed by atoms with Crippen LogP contribution in [0.15, 0.2) is 22.7 Å². The van der Waals surface area contributed by atoms with Crippen LogP contribution in [0, 0.1) is 5.92 Å². The van der Waals surface area contributed by atoms with Crippen molar-refractivity contribution in [3.8, 4) is 5.75 Å². The van der Waals surface area contributed by atoms with Crippen molar-refractivity contribution in [1.82, 2.24) is 0 Å². The molecule has 1 atom stereocenters. The van der Waals surface area contributed by atoms with E-state index in [0.29, 0.717) is 22.7 Å². The van der Waals surface area contributed by atoms with Gasteiger partial charge in [-0.2, -0.15) is 0 Å². The van der Waals surface area contributed by atoms with Crippen LogP contribution in [-0.2, 0) is 0 Å². The van der Waals surface area contributed by atoms with Crippen molar-refractivity contribution in [2.75, 3.05) is 6.61 Å². The van der Waals surface area contributed by atoms with E-state index in [2.05, 4.69) is 29.8 Å². The lowest BCUT2D eigenvalue weighted by Crippen LogP contribution is -2.08. The molecule has 1 N–H and O–H groups in total. The molecule has 0 spiro atoms. The molecule has 3 nitrogen and oxygen atoms in total. The number of ether oxygens (including phenoxy) is 1. The van der Waals surface area contributed by atoms with E-state index >= 15 is 0 Å². The van der Waals surface area contributed by atoms with Gasteiger partial charge in [0.1, 0.15) is 5.75 Å². The monoisotopic (exact) mass is 300 g/mol. The first-order valence-corrected chi connectivity index (χ1v) is 6.49. The van der Waals surface area contributed by atoms with Crippen molar-refractivity contribution in [1.29, 1.82) is 0 Å². The molecule has 0 aliphatic carbocycles. The lowest BCUT2D eigenvalue weighted by Gasteiger charge is -2.13. The average molecular weight is 301 g/mol. The maximum Gasteiger partial charge on any atom is 0.335 e. The molecule has 0 saturated heterocycles. The van der Waals surface area contributed by atoms with Gasteiger partial charge < -0.3 is 9.84 Å². The fourth-order valence-electron chi connectivity index (χ4n) is 1.56. The first-order valence-electron chi connectivity index (χ1n) is 5.70. The maximum atomic E-state index is 10.8. The van der Waals surface area contributed by atoms with Gasteiger partial charge >= 0.3 is 5.97 Å². The first-order chi connectivity index (χ1) is 8.04. The number of carboxylic acid groups (broad SMARTS) is 1. The van der Waals surface area contributed by atoms with Gasteiger partial charge in [-0.15, -0.1) is 0 Å². The van der Waals surface area contributed by atoms with Crippen LogP contribution in [-0.4, -0.2) is 17.7 Å². The molecule has 0 aliphatic rings. The van der Waals surface area contributed by atoms with Crippen LogP contribution in [0.5, 0.6) is 5.75 Å². The molecule has 0 radical (unpaired) electrons. The SMILES string of the molecule is CCCC(C)COc1ccc(C(=O)O)cc1Br. The second kappa shape index (κ2) is 6.64. The Morgan fingerprint density at radius 3 is 2.76 bits per heavy atom. The van der Waals surface area contributed by atoms with E-state index in [1.165, 1.54) is 0 Å². The standard InChI is InChI=1S/C13H17BrO3/c1-3-4-9(2)8-17-12-6-5-10(13(15)16)7-11(12)14/h5-7,9H,3-4,8H2,1-2H3,(H,15,16). The topological polar surface area (TPSA) is 46.5 Å². The van der Waals surface area contributed by atoms with Gasteiger partial charge in [0.05, 0.1) is 16.6 Å². The van der Waals surface area contributed by atoms with Crippen molar-refractivity contribution in [2.24, 2.45) is 5.92 Å². The lowest BCUT2D eigenvalue weighted by molar-refractivity contribution is 0.0696.